The Morgan fingerprint density at radius 2 is 1.85 bits per heavy atom. The number of fused-ring (bicyclic) bond motifs is 1. The van der Waals surface area contributed by atoms with Crippen LogP contribution in [0.5, 0.6) is 0 Å². The van der Waals surface area contributed by atoms with Gasteiger partial charge >= 0.3 is 0 Å². The van der Waals surface area contributed by atoms with Crippen LogP contribution < -0.4 is 10.2 Å². The van der Waals surface area contributed by atoms with Gasteiger partial charge in [-0.05, 0) is 26.1 Å². The van der Waals surface area contributed by atoms with Crippen molar-refractivity contribution in [3.63, 3.8) is 0 Å². The number of anilines is 2. The summed E-state index contributed by atoms with van der Waals surface area (Å²) in [4.78, 5) is 7.57. The van der Waals surface area contributed by atoms with E-state index in [4.69, 9.17) is 0 Å². The fourth-order valence-corrected chi connectivity index (χ4v) is 3.14. The van der Waals surface area contributed by atoms with Crippen molar-refractivity contribution in [3.05, 3.63) is 24.3 Å². The van der Waals surface area contributed by atoms with Crippen molar-refractivity contribution in [2.24, 2.45) is 0 Å². The van der Waals surface area contributed by atoms with Gasteiger partial charge in [-0.25, -0.2) is 0 Å². The fraction of sp³-hybridized carbons (Fsp3) is 0.625. The lowest BCUT2D eigenvalue weighted by molar-refractivity contribution is 0.156. The summed E-state index contributed by atoms with van der Waals surface area (Å²) >= 11 is 0. The summed E-state index contributed by atoms with van der Waals surface area (Å²) in [6.07, 6.45) is 0. The Kier molecular flexibility index (Phi) is 4.13. The van der Waals surface area contributed by atoms with E-state index in [1.54, 1.807) is 0 Å². The summed E-state index contributed by atoms with van der Waals surface area (Å²) in [5.74, 6) is 0. The average molecular weight is 274 g/mol. The van der Waals surface area contributed by atoms with Crippen molar-refractivity contribution in [2.75, 3.05) is 63.1 Å². The molecular formula is C16H26N4. The number of rotatable bonds is 3. The number of likely N-dealkylation sites (N-methyl/N-ethyl adjacent to an activating group) is 1. The highest BCUT2D eigenvalue weighted by Crippen LogP contribution is 2.30. The molecule has 1 unspecified atom stereocenters. The number of benzene rings is 1. The Morgan fingerprint density at radius 1 is 1.10 bits per heavy atom. The first kappa shape index (κ1) is 13.7. The van der Waals surface area contributed by atoms with E-state index in [-0.39, 0.29) is 0 Å². The molecule has 20 heavy (non-hydrogen) atoms. The third kappa shape index (κ3) is 2.91. The Hall–Kier alpha value is -1.26. The second kappa shape index (κ2) is 6.02. The highest BCUT2D eigenvalue weighted by Gasteiger charge is 2.23. The maximum atomic E-state index is 3.52. The summed E-state index contributed by atoms with van der Waals surface area (Å²) in [7, 11) is 2.21. The lowest BCUT2D eigenvalue weighted by Gasteiger charge is -2.40. The van der Waals surface area contributed by atoms with Gasteiger partial charge in [0, 0.05) is 51.9 Å². The van der Waals surface area contributed by atoms with E-state index in [0.717, 1.165) is 13.1 Å². The summed E-state index contributed by atoms with van der Waals surface area (Å²) in [6, 6.07) is 9.24. The summed E-state index contributed by atoms with van der Waals surface area (Å²) in [6.45, 7) is 10.5. The van der Waals surface area contributed by atoms with Gasteiger partial charge in [-0.3, -0.25) is 4.90 Å². The maximum Gasteiger partial charge on any atom is 0.0605 e. The van der Waals surface area contributed by atoms with E-state index < -0.39 is 0 Å². The van der Waals surface area contributed by atoms with Crippen LogP contribution >= 0.6 is 0 Å². The zero-order chi connectivity index (χ0) is 13.9. The second-order valence-electron chi connectivity index (χ2n) is 6.09. The van der Waals surface area contributed by atoms with Crippen LogP contribution in [0.1, 0.15) is 6.92 Å². The molecule has 0 amide bonds. The SMILES string of the molecule is CC1CNc2ccccc2N1CCN1CCN(C)CC1. The van der Waals surface area contributed by atoms with Crippen LogP contribution in [0.3, 0.4) is 0 Å². The lowest BCUT2D eigenvalue weighted by Crippen LogP contribution is -2.49. The average Bonchev–Trinajstić information content (AvgIpc) is 2.48. The van der Waals surface area contributed by atoms with Gasteiger partial charge < -0.3 is 15.1 Å². The molecule has 1 saturated heterocycles. The molecule has 110 valence electrons. The number of nitrogens with zero attached hydrogens (tertiary/aromatic N) is 3. The van der Waals surface area contributed by atoms with E-state index in [1.807, 2.05) is 0 Å². The molecule has 1 fully saturated rings. The van der Waals surface area contributed by atoms with Gasteiger partial charge in [-0.1, -0.05) is 12.1 Å². The van der Waals surface area contributed by atoms with E-state index >= 15 is 0 Å². The predicted molar refractivity (Wildman–Crippen MR) is 85.7 cm³/mol. The van der Waals surface area contributed by atoms with E-state index in [2.05, 4.69) is 58.3 Å². The molecule has 4 heteroatoms. The molecule has 1 aromatic carbocycles. The molecule has 1 atom stereocenters. The Labute approximate surface area is 122 Å². The lowest BCUT2D eigenvalue weighted by atomic mass is 10.1. The second-order valence-corrected chi connectivity index (χ2v) is 6.09. The van der Waals surface area contributed by atoms with Crippen molar-refractivity contribution in [1.29, 1.82) is 0 Å². The van der Waals surface area contributed by atoms with Gasteiger partial charge in [0.1, 0.15) is 0 Å². The van der Waals surface area contributed by atoms with Crippen LogP contribution in [-0.4, -0.2) is 68.7 Å². The molecule has 0 saturated carbocycles. The van der Waals surface area contributed by atoms with E-state index in [9.17, 15) is 0 Å². The molecule has 0 aliphatic carbocycles. The summed E-state index contributed by atoms with van der Waals surface area (Å²) in [5, 5.41) is 3.52. The number of hydrogen-bond donors (Lipinski definition) is 1. The van der Waals surface area contributed by atoms with Crippen molar-refractivity contribution in [3.8, 4) is 0 Å². The molecule has 1 N–H and O–H groups in total. The van der Waals surface area contributed by atoms with Gasteiger partial charge in [-0.2, -0.15) is 0 Å². The van der Waals surface area contributed by atoms with Crippen LogP contribution in [0.4, 0.5) is 11.4 Å². The Bertz CT molecular complexity index is 440. The molecule has 1 aromatic rings. The van der Waals surface area contributed by atoms with Gasteiger partial charge in [0.05, 0.1) is 11.4 Å². The number of piperazine rings is 1. The Morgan fingerprint density at radius 3 is 2.65 bits per heavy atom. The number of para-hydroxylation sites is 2. The molecule has 0 radical (unpaired) electrons. The molecule has 0 spiro atoms. The molecule has 2 heterocycles. The van der Waals surface area contributed by atoms with Crippen LogP contribution in [0.25, 0.3) is 0 Å². The molecule has 3 rings (SSSR count). The highest BCUT2D eigenvalue weighted by molar-refractivity contribution is 5.72. The van der Waals surface area contributed by atoms with Crippen LogP contribution in [-0.2, 0) is 0 Å². The minimum atomic E-state index is 0.567. The first-order valence-electron chi connectivity index (χ1n) is 7.74. The summed E-state index contributed by atoms with van der Waals surface area (Å²) in [5.41, 5.74) is 2.64. The third-order valence-electron chi connectivity index (χ3n) is 4.59. The van der Waals surface area contributed by atoms with Gasteiger partial charge in [0.25, 0.3) is 0 Å². The van der Waals surface area contributed by atoms with Crippen molar-refractivity contribution < 1.29 is 0 Å². The molecular weight excluding hydrogens is 248 g/mol. The molecule has 4 nitrogen and oxygen atoms in total. The summed E-state index contributed by atoms with van der Waals surface area (Å²) < 4.78 is 0. The van der Waals surface area contributed by atoms with Crippen LogP contribution in [0.15, 0.2) is 24.3 Å². The highest BCUT2D eigenvalue weighted by atomic mass is 15.3. The first-order chi connectivity index (χ1) is 9.74. The zero-order valence-electron chi connectivity index (χ0n) is 12.7. The Balaban J connectivity index is 1.62. The number of nitrogens with one attached hydrogen (secondary N) is 1. The normalized spacial score (nSPS) is 24.3. The smallest absolute Gasteiger partial charge is 0.0605 e. The fourth-order valence-electron chi connectivity index (χ4n) is 3.14. The van der Waals surface area contributed by atoms with Crippen molar-refractivity contribution >= 4 is 11.4 Å². The monoisotopic (exact) mass is 274 g/mol. The van der Waals surface area contributed by atoms with Gasteiger partial charge in [0.2, 0.25) is 0 Å². The topological polar surface area (TPSA) is 21.8 Å². The standard InChI is InChI=1S/C16H26N4/c1-14-13-17-15-5-3-4-6-16(15)20(14)12-11-19-9-7-18(2)8-10-19/h3-6,14,17H,7-13H2,1-2H3. The number of hydrogen-bond acceptors (Lipinski definition) is 4. The molecule has 2 aliphatic heterocycles. The van der Waals surface area contributed by atoms with Crippen LogP contribution in [0.2, 0.25) is 0 Å². The van der Waals surface area contributed by atoms with E-state index in [0.29, 0.717) is 6.04 Å². The first-order valence-corrected chi connectivity index (χ1v) is 7.74. The van der Waals surface area contributed by atoms with Crippen LogP contribution in [0, 0.1) is 0 Å². The quantitative estimate of drug-likeness (QED) is 0.903. The third-order valence-corrected chi connectivity index (χ3v) is 4.59. The van der Waals surface area contributed by atoms with Gasteiger partial charge in [0.15, 0.2) is 0 Å². The molecule has 0 bridgehead atoms. The maximum absolute atomic E-state index is 3.52. The molecule has 0 aromatic heterocycles. The van der Waals surface area contributed by atoms with Crippen molar-refractivity contribution in [2.45, 2.75) is 13.0 Å². The van der Waals surface area contributed by atoms with Crippen molar-refractivity contribution in [1.82, 2.24) is 9.80 Å². The van der Waals surface area contributed by atoms with Gasteiger partial charge in [-0.15, -0.1) is 0 Å². The largest absolute Gasteiger partial charge is 0.381 e. The van der Waals surface area contributed by atoms with E-state index in [1.165, 1.54) is 44.1 Å². The zero-order valence-corrected chi connectivity index (χ0v) is 12.7. The predicted octanol–water partition coefficient (Wildman–Crippen LogP) is 1.55. The molecule has 2 aliphatic rings. The minimum absolute atomic E-state index is 0.567. The minimum Gasteiger partial charge on any atom is -0.381 e.